The van der Waals surface area contributed by atoms with E-state index in [1.807, 2.05) is 31.2 Å². The molecule has 1 aromatic carbocycles. The molecule has 0 aromatic heterocycles. The number of carbonyl (C=O) groups excluding carboxylic acids is 1. The molecule has 3 N–H and O–H groups in total. The second-order valence-electron chi connectivity index (χ2n) is 5.19. The van der Waals surface area contributed by atoms with Crippen LogP contribution in [0.4, 0.5) is 10.5 Å². The van der Waals surface area contributed by atoms with Gasteiger partial charge >= 0.3 is 6.03 Å². The van der Waals surface area contributed by atoms with Gasteiger partial charge in [0.05, 0.1) is 0 Å². The lowest BCUT2D eigenvalue weighted by Gasteiger charge is -2.23. The van der Waals surface area contributed by atoms with E-state index in [9.17, 15) is 4.79 Å². The number of nitrogens with one attached hydrogen (secondary N) is 3. The minimum atomic E-state index is -0.124. The van der Waals surface area contributed by atoms with Gasteiger partial charge in [0, 0.05) is 18.3 Å². The highest BCUT2D eigenvalue weighted by atomic mass is 16.2. The van der Waals surface area contributed by atoms with Crippen LogP contribution in [0.3, 0.4) is 0 Å². The Hall–Kier alpha value is -1.55. The SMILES string of the molecule is Cc1cccc(NC(=O)NCCC2CCCCN2)c1. The summed E-state index contributed by atoms with van der Waals surface area (Å²) in [4.78, 5) is 11.7. The summed E-state index contributed by atoms with van der Waals surface area (Å²) < 4.78 is 0. The van der Waals surface area contributed by atoms with Gasteiger partial charge in [-0.05, 0) is 50.4 Å². The van der Waals surface area contributed by atoms with Gasteiger partial charge in [-0.1, -0.05) is 18.6 Å². The zero-order valence-corrected chi connectivity index (χ0v) is 11.5. The van der Waals surface area contributed by atoms with Gasteiger partial charge in [0.15, 0.2) is 0 Å². The van der Waals surface area contributed by atoms with Crippen LogP contribution in [0.15, 0.2) is 24.3 Å². The summed E-state index contributed by atoms with van der Waals surface area (Å²) >= 11 is 0. The van der Waals surface area contributed by atoms with E-state index < -0.39 is 0 Å². The van der Waals surface area contributed by atoms with E-state index >= 15 is 0 Å². The van der Waals surface area contributed by atoms with Crippen molar-refractivity contribution in [2.75, 3.05) is 18.4 Å². The molecule has 1 aliphatic heterocycles. The molecule has 2 rings (SSSR count). The molecule has 0 saturated carbocycles. The second-order valence-corrected chi connectivity index (χ2v) is 5.19. The summed E-state index contributed by atoms with van der Waals surface area (Å²) in [7, 11) is 0. The molecule has 1 heterocycles. The average molecular weight is 261 g/mol. The molecule has 4 nitrogen and oxygen atoms in total. The number of benzene rings is 1. The Morgan fingerprint density at radius 2 is 2.32 bits per heavy atom. The van der Waals surface area contributed by atoms with Crippen LogP contribution < -0.4 is 16.0 Å². The van der Waals surface area contributed by atoms with Crippen molar-refractivity contribution in [3.05, 3.63) is 29.8 Å². The molecule has 104 valence electrons. The fourth-order valence-electron chi connectivity index (χ4n) is 2.43. The van der Waals surface area contributed by atoms with Crippen molar-refractivity contribution >= 4 is 11.7 Å². The van der Waals surface area contributed by atoms with E-state index in [1.54, 1.807) is 0 Å². The van der Waals surface area contributed by atoms with Gasteiger partial charge in [0.1, 0.15) is 0 Å². The largest absolute Gasteiger partial charge is 0.338 e. The molecule has 19 heavy (non-hydrogen) atoms. The van der Waals surface area contributed by atoms with Crippen molar-refractivity contribution in [3.63, 3.8) is 0 Å². The van der Waals surface area contributed by atoms with Crippen LogP contribution in [-0.4, -0.2) is 25.2 Å². The van der Waals surface area contributed by atoms with Crippen LogP contribution in [0, 0.1) is 6.92 Å². The van der Waals surface area contributed by atoms with Gasteiger partial charge in [-0.2, -0.15) is 0 Å². The molecule has 1 unspecified atom stereocenters. The van der Waals surface area contributed by atoms with Crippen LogP contribution in [0.25, 0.3) is 0 Å². The van der Waals surface area contributed by atoms with Crippen molar-refractivity contribution in [1.82, 2.24) is 10.6 Å². The number of hydrogen-bond donors (Lipinski definition) is 3. The average Bonchev–Trinajstić information content (AvgIpc) is 2.40. The summed E-state index contributed by atoms with van der Waals surface area (Å²) in [5.41, 5.74) is 1.98. The van der Waals surface area contributed by atoms with E-state index in [0.717, 1.165) is 30.8 Å². The molecule has 2 amide bonds. The van der Waals surface area contributed by atoms with Gasteiger partial charge in [0.2, 0.25) is 0 Å². The van der Waals surface area contributed by atoms with Gasteiger partial charge in [-0.15, -0.1) is 0 Å². The van der Waals surface area contributed by atoms with E-state index in [4.69, 9.17) is 0 Å². The fraction of sp³-hybridized carbons (Fsp3) is 0.533. The Balaban J connectivity index is 1.67. The molecule has 1 aromatic rings. The standard InChI is InChI=1S/C15H23N3O/c1-12-5-4-7-14(11-12)18-15(19)17-10-8-13-6-2-3-9-16-13/h4-5,7,11,13,16H,2-3,6,8-10H2,1H3,(H2,17,18,19). The Morgan fingerprint density at radius 3 is 3.05 bits per heavy atom. The van der Waals surface area contributed by atoms with Gasteiger partial charge < -0.3 is 16.0 Å². The third-order valence-electron chi connectivity index (χ3n) is 3.47. The Morgan fingerprint density at radius 1 is 1.42 bits per heavy atom. The second kappa shape index (κ2) is 7.14. The predicted octanol–water partition coefficient (Wildman–Crippen LogP) is 2.65. The first-order valence-corrected chi connectivity index (χ1v) is 7.09. The molecular formula is C15H23N3O. The van der Waals surface area contributed by atoms with E-state index in [-0.39, 0.29) is 6.03 Å². The first kappa shape index (κ1) is 13.9. The summed E-state index contributed by atoms with van der Waals surface area (Å²) in [6.45, 7) is 3.84. The number of urea groups is 1. The maximum absolute atomic E-state index is 11.7. The van der Waals surface area contributed by atoms with Crippen molar-refractivity contribution in [2.45, 2.75) is 38.6 Å². The van der Waals surface area contributed by atoms with Crippen LogP contribution in [0.2, 0.25) is 0 Å². The van der Waals surface area contributed by atoms with Gasteiger partial charge in [-0.25, -0.2) is 4.79 Å². The third kappa shape index (κ3) is 4.91. The fourth-order valence-corrected chi connectivity index (χ4v) is 2.43. The summed E-state index contributed by atoms with van der Waals surface area (Å²) in [6.07, 6.45) is 4.80. The predicted molar refractivity (Wildman–Crippen MR) is 78.5 cm³/mol. The van der Waals surface area contributed by atoms with Crippen LogP contribution in [-0.2, 0) is 0 Å². The zero-order valence-electron chi connectivity index (χ0n) is 11.5. The van der Waals surface area contributed by atoms with Crippen LogP contribution in [0.1, 0.15) is 31.2 Å². The van der Waals surface area contributed by atoms with Crippen LogP contribution in [0.5, 0.6) is 0 Å². The number of hydrogen-bond acceptors (Lipinski definition) is 2. The van der Waals surface area contributed by atoms with Crippen molar-refractivity contribution in [3.8, 4) is 0 Å². The zero-order chi connectivity index (χ0) is 13.5. The number of aryl methyl sites for hydroxylation is 1. The number of carbonyl (C=O) groups is 1. The summed E-state index contributed by atoms with van der Waals surface area (Å²) in [5, 5.41) is 9.24. The monoisotopic (exact) mass is 261 g/mol. The maximum atomic E-state index is 11.7. The normalized spacial score (nSPS) is 18.9. The maximum Gasteiger partial charge on any atom is 0.319 e. The molecule has 0 spiro atoms. The van der Waals surface area contributed by atoms with Crippen molar-refractivity contribution in [2.24, 2.45) is 0 Å². The quantitative estimate of drug-likeness (QED) is 0.780. The topological polar surface area (TPSA) is 53.2 Å². The number of rotatable bonds is 4. The highest BCUT2D eigenvalue weighted by molar-refractivity contribution is 5.89. The third-order valence-corrected chi connectivity index (χ3v) is 3.47. The molecule has 1 saturated heterocycles. The molecule has 1 fully saturated rings. The molecule has 4 heteroatoms. The molecule has 0 aliphatic carbocycles. The summed E-state index contributed by atoms with van der Waals surface area (Å²) in [6, 6.07) is 8.25. The van der Waals surface area contributed by atoms with Crippen molar-refractivity contribution in [1.29, 1.82) is 0 Å². The van der Waals surface area contributed by atoms with E-state index in [0.29, 0.717) is 6.04 Å². The van der Waals surface area contributed by atoms with Crippen molar-refractivity contribution < 1.29 is 4.79 Å². The Kier molecular flexibility index (Phi) is 5.21. The van der Waals surface area contributed by atoms with Gasteiger partial charge in [-0.3, -0.25) is 0 Å². The van der Waals surface area contributed by atoms with Gasteiger partial charge in [0.25, 0.3) is 0 Å². The molecular weight excluding hydrogens is 238 g/mol. The lowest BCUT2D eigenvalue weighted by Crippen LogP contribution is -2.38. The highest BCUT2D eigenvalue weighted by Gasteiger charge is 2.12. The Labute approximate surface area is 115 Å². The number of amides is 2. The highest BCUT2D eigenvalue weighted by Crippen LogP contribution is 2.10. The first-order valence-electron chi connectivity index (χ1n) is 7.09. The lowest BCUT2D eigenvalue weighted by molar-refractivity contribution is 0.251. The molecule has 0 radical (unpaired) electrons. The summed E-state index contributed by atoms with van der Waals surface area (Å²) in [5.74, 6) is 0. The molecule has 1 atom stereocenters. The first-order chi connectivity index (χ1) is 9.24. The van der Waals surface area contributed by atoms with E-state index in [1.165, 1.54) is 19.3 Å². The number of piperidine rings is 1. The minimum Gasteiger partial charge on any atom is -0.338 e. The number of anilines is 1. The molecule has 1 aliphatic rings. The minimum absolute atomic E-state index is 0.124. The van der Waals surface area contributed by atoms with Crippen LogP contribution >= 0.6 is 0 Å². The Bertz CT molecular complexity index is 414. The smallest absolute Gasteiger partial charge is 0.319 e. The lowest BCUT2D eigenvalue weighted by atomic mass is 10.0. The van der Waals surface area contributed by atoms with E-state index in [2.05, 4.69) is 16.0 Å². The molecule has 0 bridgehead atoms.